The molecule has 1 N–H and O–H groups in total. The summed E-state index contributed by atoms with van der Waals surface area (Å²) in [6, 6.07) is 7.87. The Labute approximate surface area is 133 Å². The average Bonchev–Trinajstić information content (AvgIpc) is 2.87. The highest BCUT2D eigenvalue weighted by atomic mass is 32.1. The molecule has 1 amide bonds. The van der Waals surface area contributed by atoms with Crippen molar-refractivity contribution in [3.8, 4) is 0 Å². The van der Waals surface area contributed by atoms with Gasteiger partial charge < -0.3 is 15.0 Å². The standard InChI is InChI=1S/C16H19N3O2S/c1-11-15(17-12(2)22-11)16(20)18-13-5-3-4-6-14(13)19-7-9-21-10-8-19/h3-6H,7-10H2,1-2H3,(H,18,20). The summed E-state index contributed by atoms with van der Waals surface area (Å²) in [7, 11) is 0. The summed E-state index contributed by atoms with van der Waals surface area (Å²) in [4.78, 5) is 20.0. The number of nitrogens with zero attached hydrogens (tertiary/aromatic N) is 2. The Bertz CT molecular complexity index is 678. The first-order valence-corrected chi connectivity index (χ1v) is 8.14. The largest absolute Gasteiger partial charge is 0.378 e. The van der Waals surface area contributed by atoms with Gasteiger partial charge in [0.2, 0.25) is 0 Å². The zero-order valence-corrected chi connectivity index (χ0v) is 13.6. The number of nitrogens with one attached hydrogen (secondary N) is 1. The van der Waals surface area contributed by atoms with Gasteiger partial charge in [0.25, 0.3) is 5.91 Å². The highest BCUT2D eigenvalue weighted by Gasteiger charge is 2.18. The van der Waals surface area contributed by atoms with E-state index < -0.39 is 0 Å². The number of anilines is 2. The maximum absolute atomic E-state index is 12.5. The number of ether oxygens (including phenoxy) is 1. The summed E-state index contributed by atoms with van der Waals surface area (Å²) in [6.45, 7) is 6.94. The number of hydrogen-bond donors (Lipinski definition) is 1. The molecule has 2 heterocycles. The molecule has 0 spiro atoms. The predicted molar refractivity (Wildman–Crippen MR) is 89.0 cm³/mol. The van der Waals surface area contributed by atoms with Gasteiger partial charge in [-0.2, -0.15) is 0 Å². The first-order chi connectivity index (χ1) is 10.6. The second-order valence-corrected chi connectivity index (χ2v) is 6.62. The monoisotopic (exact) mass is 317 g/mol. The van der Waals surface area contributed by atoms with Gasteiger partial charge in [0.1, 0.15) is 5.69 Å². The molecule has 1 aromatic heterocycles. The van der Waals surface area contributed by atoms with Crippen molar-refractivity contribution in [2.75, 3.05) is 36.5 Å². The van der Waals surface area contributed by atoms with E-state index in [1.54, 1.807) is 11.3 Å². The molecule has 2 aromatic rings. The van der Waals surface area contributed by atoms with E-state index in [0.29, 0.717) is 18.9 Å². The number of carbonyl (C=O) groups excluding carboxylic acids is 1. The molecule has 1 aliphatic heterocycles. The molecule has 22 heavy (non-hydrogen) atoms. The molecule has 1 saturated heterocycles. The summed E-state index contributed by atoms with van der Waals surface area (Å²) >= 11 is 1.54. The number of rotatable bonds is 3. The van der Waals surface area contributed by atoms with Gasteiger partial charge in [-0.1, -0.05) is 12.1 Å². The second-order valence-electron chi connectivity index (χ2n) is 5.21. The lowest BCUT2D eigenvalue weighted by Crippen LogP contribution is -2.36. The van der Waals surface area contributed by atoms with E-state index in [1.807, 2.05) is 38.1 Å². The van der Waals surface area contributed by atoms with E-state index in [9.17, 15) is 4.79 Å². The third-order valence-corrected chi connectivity index (χ3v) is 4.51. The van der Waals surface area contributed by atoms with Crippen molar-refractivity contribution in [3.05, 3.63) is 39.8 Å². The molecule has 1 aliphatic rings. The maximum atomic E-state index is 12.5. The fourth-order valence-electron chi connectivity index (χ4n) is 2.58. The van der Waals surface area contributed by atoms with Crippen LogP contribution in [-0.2, 0) is 4.74 Å². The molecule has 1 fully saturated rings. The van der Waals surface area contributed by atoms with Gasteiger partial charge in [0.15, 0.2) is 0 Å². The average molecular weight is 317 g/mol. The normalized spacial score (nSPS) is 14.9. The predicted octanol–water partition coefficient (Wildman–Crippen LogP) is 2.85. The van der Waals surface area contributed by atoms with Crippen LogP contribution in [0.1, 0.15) is 20.4 Å². The lowest BCUT2D eigenvalue weighted by Gasteiger charge is -2.30. The zero-order valence-electron chi connectivity index (χ0n) is 12.8. The quantitative estimate of drug-likeness (QED) is 0.946. The van der Waals surface area contributed by atoms with E-state index in [1.165, 1.54) is 0 Å². The third-order valence-electron chi connectivity index (χ3n) is 3.62. The number of morpholine rings is 1. The van der Waals surface area contributed by atoms with Crippen molar-refractivity contribution in [1.82, 2.24) is 4.98 Å². The second kappa shape index (κ2) is 6.46. The first kappa shape index (κ1) is 15.0. The summed E-state index contributed by atoms with van der Waals surface area (Å²) in [5.74, 6) is -0.150. The van der Waals surface area contributed by atoms with Crippen LogP contribution in [0.5, 0.6) is 0 Å². The number of benzene rings is 1. The molecular weight excluding hydrogens is 298 g/mol. The van der Waals surface area contributed by atoms with Crippen LogP contribution in [0.3, 0.4) is 0 Å². The van der Waals surface area contributed by atoms with Crippen molar-refractivity contribution < 1.29 is 9.53 Å². The minimum atomic E-state index is -0.150. The fraction of sp³-hybridized carbons (Fsp3) is 0.375. The van der Waals surface area contributed by atoms with Gasteiger partial charge in [-0.25, -0.2) is 4.98 Å². The number of hydrogen-bond acceptors (Lipinski definition) is 5. The van der Waals surface area contributed by atoms with Gasteiger partial charge in [0.05, 0.1) is 29.6 Å². The Morgan fingerprint density at radius 1 is 1.27 bits per heavy atom. The van der Waals surface area contributed by atoms with Crippen molar-refractivity contribution in [2.45, 2.75) is 13.8 Å². The van der Waals surface area contributed by atoms with E-state index in [0.717, 1.165) is 34.3 Å². The SMILES string of the molecule is Cc1nc(C(=O)Nc2ccccc2N2CCOCC2)c(C)s1. The van der Waals surface area contributed by atoms with Crippen LogP contribution in [0.2, 0.25) is 0 Å². The van der Waals surface area contributed by atoms with Crippen LogP contribution >= 0.6 is 11.3 Å². The van der Waals surface area contributed by atoms with Crippen molar-refractivity contribution in [1.29, 1.82) is 0 Å². The Hall–Kier alpha value is -1.92. The van der Waals surface area contributed by atoms with Gasteiger partial charge in [-0.15, -0.1) is 11.3 Å². The zero-order chi connectivity index (χ0) is 15.5. The Morgan fingerprint density at radius 2 is 2.00 bits per heavy atom. The smallest absolute Gasteiger partial charge is 0.275 e. The van der Waals surface area contributed by atoms with Crippen LogP contribution in [0, 0.1) is 13.8 Å². The number of para-hydroxylation sites is 2. The van der Waals surface area contributed by atoms with Crippen LogP contribution in [0.25, 0.3) is 0 Å². The van der Waals surface area contributed by atoms with Crippen LogP contribution in [-0.4, -0.2) is 37.2 Å². The van der Waals surface area contributed by atoms with Crippen molar-refractivity contribution in [2.24, 2.45) is 0 Å². The topological polar surface area (TPSA) is 54.5 Å². The molecule has 6 heteroatoms. The van der Waals surface area contributed by atoms with Gasteiger partial charge in [-0.3, -0.25) is 4.79 Å². The van der Waals surface area contributed by atoms with Gasteiger partial charge in [-0.05, 0) is 26.0 Å². The highest BCUT2D eigenvalue weighted by molar-refractivity contribution is 7.11. The van der Waals surface area contributed by atoms with Crippen LogP contribution in [0.15, 0.2) is 24.3 Å². The first-order valence-electron chi connectivity index (χ1n) is 7.32. The lowest BCUT2D eigenvalue weighted by atomic mass is 10.2. The molecule has 0 radical (unpaired) electrons. The van der Waals surface area contributed by atoms with Crippen molar-refractivity contribution >= 4 is 28.6 Å². The summed E-state index contributed by atoms with van der Waals surface area (Å²) < 4.78 is 5.39. The van der Waals surface area contributed by atoms with E-state index in [4.69, 9.17) is 4.74 Å². The number of thiazole rings is 1. The lowest BCUT2D eigenvalue weighted by molar-refractivity contribution is 0.102. The molecule has 0 bridgehead atoms. The Balaban J connectivity index is 1.83. The number of carbonyl (C=O) groups is 1. The van der Waals surface area contributed by atoms with Gasteiger partial charge in [0, 0.05) is 18.0 Å². The number of aromatic nitrogens is 1. The minimum Gasteiger partial charge on any atom is -0.378 e. The third kappa shape index (κ3) is 3.13. The Morgan fingerprint density at radius 3 is 2.68 bits per heavy atom. The molecule has 0 saturated carbocycles. The van der Waals surface area contributed by atoms with Crippen molar-refractivity contribution in [3.63, 3.8) is 0 Å². The molecule has 0 aliphatic carbocycles. The van der Waals surface area contributed by atoms with Crippen LogP contribution in [0.4, 0.5) is 11.4 Å². The fourth-order valence-corrected chi connectivity index (χ4v) is 3.40. The molecule has 0 unspecified atom stereocenters. The maximum Gasteiger partial charge on any atom is 0.275 e. The molecule has 1 aromatic carbocycles. The molecular formula is C16H19N3O2S. The van der Waals surface area contributed by atoms with E-state index in [-0.39, 0.29) is 5.91 Å². The molecule has 3 rings (SSSR count). The molecule has 5 nitrogen and oxygen atoms in total. The van der Waals surface area contributed by atoms with Gasteiger partial charge >= 0.3 is 0 Å². The van der Waals surface area contributed by atoms with Crippen LogP contribution < -0.4 is 10.2 Å². The molecule has 0 atom stereocenters. The summed E-state index contributed by atoms with van der Waals surface area (Å²) in [5, 5.41) is 3.91. The van der Waals surface area contributed by atoms with E-state index >= 15 is 0 Å². The van der Waals surface area contributed by atoms with E-state index in [2.05, 4.69) is 15.2 Å². The Kier molecular flexibility index (Phi) is 4.40. The highest BCUT2D eigenvalue weighted by Crippen LogP contribution is 2.27. The molecule has 116 valence electrons. The minimum absolute atomic E-state index is 0.150. The summed E-state index contributed by atoms with van der Waals surface area (Å²) in [5.41, 5.74) is 2.36. The number of amides is 1. The summed E-state index contributed by atoms with van der Waals surface area (Å²) in [6.07, 6.45) is 0. The number of aryl methyl sites for hydroxylation is 2.